The van der Waals surface area contributed by atoms with Crippen LogP contribution < -0.4 is 5.32 Å². The van der Waals surface area contributed by atoms with Gasteiger partial charge in [-0.15, -0.1) is 0 Å². The van der Waals surface area contributed by atoms with E-state index in [9.17, 15) is 4.39 Å². The highest BCUT2D eigenvalue weighted by Crippen LogP contribution is 2.56. The fraction of sp³-hybridized carbons (Fsp3) is 0.529. The monoisotopic (exact) mass is 257 g/mol. The number of hydrogen-bond acceptors (Lipinski definition) is 1. The molecule has 1 aromatic rings. The minimum atomic E-state index is -0.133. The van der Waals surface area contributed by atoms with E-state index in [4.69, 9.17) is 0 Å². The van der Waals surface area contributed by atoms with Crippen molar-refractivity contribution in [1.29, 1.82) is 0 Å². The second kappa shape index (κ2) is 4.45. The maximum absolute atomic E-state index is 13.2. The first-order valence-electron chi connectivity index (χ1n) is 7.46. The van der Waals surface area contributed by atoms with Crippen LogP contribution in [0.25, 0.3) is 0 Å². The van der Waals surface area contributed by atoms with Crippen LogP contribution in [-0.4, -0.2) is 6.04 Å². The molecule has 0 amide bonds. The van der Waals surface area contributed by atoms with Crippen molar-refractivity contribution in [3.05, 3.63) is 47.8 Å². The lowest BCUT2D eigenvalue weighted by atomic mass is 9.79. The van der Waals surface area contributed by atoms with E-state index in [1.54, 1.807) is 12.1 Å². The van der Waals surface area contributed by atoms with Crippen molar-refractivity contribution in [2.24, 2.45) is 23.7 Å². The molecule has 0 radical (unpaired) electrons. The van der Waals surface area contributed by atoms with Crippen molar-refractivity contribution in [2.75, 3.05) is 0 Å². The molecule has 1 N–H and O–H groups in total. The minimum Gasteiger partial charge on any atom is -0.310 e. The van der Waals surface area contributed by atoms with Crippen molar-refractivity contribution >= 4 is 0 Å². The van der Waals surface area contributed by atoms with Gasteiger partial charge in [0.05, 0.1) is 0 Å². The summed E-state index contributed by atoms with van der Waals surface area (Å²) in [6.07, 6.45) is 8.86. The molecule has 0 saturated heterocycles. The maximum Gasteiger partial charge on any atom is 0.123 e. The number of benzene rings is 1. The van der Waals surface area contributed by atoms with Gasteiger partial charge in [-0.25, -0.2) is 4.39 Å². The normalized spacial score (nSPS) is 38.9. The molecular weight excluding hydrogens is 237 g/mol. The first-order chi connectivity index (χ1) is 9.31. The molecule has 3 aliphatic rings. The summed E-state index contributed by atoms with van der Waals surface area (Å²) in [4.78, 5) is 0. The Morgan fingerprint density at radius 3 is 3.05 bits per heavy atom. The fourth-order valence-electron chi connectivity index (χ4n) is 4.68. The van der Waals surface area contributed by atoms with Gasteiger partial charge in [0, 0.05) is 12.6 Å². The zero-order valence-corrected chi connectivity index (χ0v) is 11.1. The third kappa shape index (κ3) is 1.93. The highest BCUT2D eigenvalue weighted by atomic mass is 19.1. The molecule has 5 atom stereocenters. The Kier molecular flexibility index (Phi) is 2.73. The molecule has 1 aromatic carbocycles. The van der Waals surface area contributed by atoms with Crippen molar-refractivity contribution in [2.45, 2.75) is 31.8 Å². The van der Waals surface area contributed by atoms with Crippen molar-refractivity contribution in [3.8, 4) is 0 Å². The van der Waals surface area contributed by atoms with Gasteiger partial charge in [-0.05, 0) is 60.6 Å². The van der Waals surface area contributed by atoms with Crippen LogP contribution in [0.3, 0.4) is 0 Å². The zero-order valence-electron chi connectivity index (χ0n) is 11.1. The molecule has 2 heteroatoms. The number of hydrogen-bond donors (Lipinski definition) is 1. The number of rotatable bonds is 3. The van der Waals surface area contributed by atoms with Crippen LogP contribution >= 0.6 is 0 Å². The lowest BCUT2D eigenvalue weighted by Gasteiger charge is -2.32. The van der Waals surface area contributed by atoms with Gasteiger partial charge in [0.2, 0.25) is 0 Å². The van der Waals surface area contributed by atoms with E-state index >= 15 is 0 Å². The van der Waals surface area contributed by atoms with Gasteiger partial charge in [-0.1, -0.05) is 24.3 Å². The Hall–Kier alpha value is -1.15. The van der Waals surface area contributed by atoms with E-state index in [2.05, 4.69) is 17.5 Å². The molecule has 2 fully saturated rings. The summed E-state index contributed by atoms with van der Waals surface area (Å²) in [5.41, 5.74) is 1.06. The summed E-state index contributed by atoms with van der Waals surface area (Å²) in [6.45, 7) is 0.798. The smallest absolute Gasteiger partial charge is 0.123 e. The predicted molar refractivity (Wildman–Crippen MR) is 74.0 cm³/mol. The highest BCUT2D eigenvalue weighted by molar-refractivity contribution is 5.18. The number of fused-ring (bicyclic) bond motifs is 5. The standard InChI is InChI=1S/C17H20FN/c18-13-4-1-3-11(7-13)10-19-17-9-12-8-16(17)15-6-2-5-14(12)15/h1-4,6-7,12,14-17,19H,5,8-10H2/t12?,14-,15-,16?,17+/m0/s1. The first kappa shape index (κ1) is 11.7. The summed E-state index contributed by atoms with van der Waals surface area (Å²) in [6, 6.07) is 7.58. The lowest BCUT2D eigenvalue weighted by Crippen LogP contribution is -2.38. The molecule has 0 aliphatic heterocycles. The molecule has 19 heavy (non-hydrogen) atoms. The van der Waals surface area contributed by atoms with Gasteiger partial charge in [0.15, 0.2) is 0 Å². The quantitative estimate of drug-likeness (QED) is 0.817. The molecule has 2 bridgehead atoms. The molecule has 1 nitrogen and oxygen atoms in total. The summed E-state index contributed by atoms with van der Waals surface area (Å²) >= 11 is 0. The van der Waals surface area contributed by atoms with Crippen molar-refractivity contribution in [3.63, 3.8) is 0 Å². The van der Waals surface area contributed by atoms with E-state index in [1.807, 2.05) is 6.07 Å². The van der Waals surface area contributed by atoms with Crippen LogP contribution in [0.5, 0.6) is 0 Å². The second-order valence-electron chi connectivity index (χ2n) is 6.42. The highest BCUT2D eigenvalue weighted by Gasteiger charge is 2.51. The third-order valence-electron chi connectivity index (χ3n) is 5.47. The van der Waals surface area contributed by atoms with Crippen LogP contribution in [0.2, 0.25) is 0 Å². The third-order valence-corrected chi connectivity index (χ3v) is 5.47. The molecule has 0 heterocycles. The van der Waals surface area contributed by atoms with E-state index < -0.39 is 0 Å². The first-order valence-corrected chi connectivity index (χ1v) is 7.46. The molecule has 100 valence electrons. The molecule has 2 saturated carbocycles. The molecule has 3 aliphatic carbocycles. The van der Waals surface area contributed by atoms with Gasteiger partial charge in [-0.3, -0.25) is 0 Å². The summed E-state index contributed by atoms with van der Waals surface area (Å²) in [7, 11) is 0. The van der Waals surface area contributed by atoms with Crippen LogP contribution in [-0.2, 0) is 6.54 Å². The second-order valence-corrected chi connectivity index (χ2v) is 6.42. The largest absolute Gasteiger partial charge is 0.310 e. The molecule has 0 spiro atoms. The molecular formula is C17H20FN. The topological polar surface area (TPSA) is 12.0 Å². The fourth-order valence-corrected chi connectivity index (χ4v) is 4.68. The van der Waals surface area contributed by atoms with Gasteiger partial charge >= 0.3 is 0 Å². The van der Waals surface area contributed by atoms with Crippen LogP contribution in [0.1, 0.15) is 24.8 Å². The van der Waals surface area contributed by atoms with Crippen LogP contribution in [0, 0.1) is 29.5 Å². The van der Waals surface area contributed by atoms with E-state index in [-0.39, 0.29) is 5.82 Å². The maximum atomic E-state index is 13.2. The Morgan fingerprint density at radius 2 is 2.16 bits per heavy atom. The molecule has 0 aromatic heterocycles. The Morgan fingerprint density at radius 1 is 1.21 bits per heavy atom. The average molecular weight is 257 g/mol. The lowest BCUT2D eigenvalue weighted by molar-refractivity contribution is 0.230. The zero-order chi connectivity index (χ0) is 12.8. The van der Waals surface area contributed by atoms with Gasteiger partial charge in [0.1, 0.15) is 5.82 Å². The molecule has 2 unspecified atom stereocenters. The average Bonchev–Trinajstić information content (AvgIpc) is 3.08. The number of nitrogens with one attached hydrogen (secondary N) is 1. The van der Waals surface area contributed by atoms with Gasteiger partial charge in [-0.2, -0.15) is 0 Å². The van der Waals surface area contributed by atoms with E-state index in [0.717, 1.165) is 35.8 Å². The van der Waals surface area contributed by atoms with Gasteiger partial charge in [0.25, 0.3) is 0 Å². The number of allylic oxidation sites excluding steroid dienone is 2. The summed E-state index contributed by atoms with van der Waals surface area (Å²) in [5.74, 6) is 3.38. The van der Waals surface area contributed by atoms with Crippen molar-refractivity contribution in [1.82, 2.24) is 5.32 Å². The minimum absolute atomic E-state index is 0.133. The van der Waals surface area contributed by atoms with E-state index in [1.165, 1.54) is 25.3 Å². The predicted octanol–water partition coefficient (Wildman–Crippen LogP) is 3.52. The summed E-state index contributed by atoms with van der Waals surface area (Å²) < 4.78 is 13.2. The Labute approximate surface area is 113 Å². The van der Waals surface area contributed by atoms with Crippen LogP contribution in [0.4, 0.5) is 4.39 Å². The molecule has 4 rings (SSSR count). The van der Waals surface area contributed by atoms with Gasteiger partial charge < -0.3 is 5.32 Å². The Bertz CT molecular complexity index is 510. The SMILES string of the molecule is Fc1cccc(CN[C@@H]2CC3CC2[C@H]2C=CC[C@@H]32)c1. The van der Waals surface area contributed by atoms with Crippen LogP contribution in [0.15, 0.2) is 36.4 Å². The van der Waals surface area contributed by atoms with Crippen molar-refractivity contribution < 1.29 is 4.39 Å². The Balaban J connectivity index is 1.41. The van der Waals surface area contributed by atoms with E-state index in [0.29, 0.717) is 6.04 Å². The summed E-state index contributed by atoms with van der Waals surface area (Å²) in [5, 5.41) is 3.67. The number of halogens is 1.